The molecule has 1 aliphatic heterocycles. The molecular weight excluding hydrogens is 378 g/mol. The predicted molar refractivity (Wildman–Crippen MR) is 114 cm³/mol. The number of hydrogen-bond acceptors (Lipinski definition) is 4. The van der Waals surface area contributed by atoms with Gasteiger partial charge in [-0.1, -0.05) is 45.0 Å². The smallest absolute Gasteiger partial charge is 0.338 e. The summed E-state index contributed by atoms with van der Waals surface area (Å²) in [5, 5.41) is 0. The van der Waals surface area contributed by atoms with E-state index in [1.807, 2.05) is 35.2 Å². The summed E-state index contributed by atoms with van der Waals surface area (Å²) in [6.45, 7) is 7.33. The number of esters is 1. The van der Waals surface area contributed by atoms with E-state index in [4.69, 9.17) is 9.47 Å². The molecule has 30 heavy (non-hydrogen) atoms. The van der Waals surface area contributed by atoms with E-state index < -0.39 is 5.97 Å². The third-order valence-electron chi connectivity index (χ3n) is 6.11. The van der Waals surface area contributed by atoms with Crippen LogP contribution < -0.4 is 4.74 Å². The van der Waals surface area contributed by atoms with Crippen molar-refractivity contribution in [2.24, 2.45) is 10.8 Å². The zero-order chi connectivity index (χ0) is 21.4. The fourth-order valence-electron chi connectivity index (χ4n) is 5.36. The third kappa shape index (κ3) is 4.50. The van der Waals surface area contributed by atoms with E-state index in [0.717, 1.165) is 25.8 Å². The van der Waals surface area contributed by atoms with Crippen LogP contribution in [0.4, 0.5) is 0 Å². The fourth-order valence-corrected chi connectivity index (χ4v) is 5.36. The lowest BCUT2D eigenvalue weighted by Gasteiger charge is -2.39. The van der Waals surface area contributed by atoms with Crippen LogP contribution in [0.3, 0.4) is 0 Å². The van der Waals surface area contributed by atoms with Crippen LogP contribution in [-0.4, -0.2) is 36.0 Å². The molecule has 1 saturated heterocycles. The van der Waals surface area contributed by atoms with Crippen LogP contribution in [0.1, 0.15) is 50.4 Å². The highest BCUT2D eigenvalue weighted by molar-refractivity contribution is 5.91. The molecular formula is C25H29NO4. The normalized spacial score (nSPS) is 24.4. The van der Waals surface area contributed by atoms with Crippen molar-refractivity contribution in [1.29, 1.82) is 0 Å². The zero-order valence-electron chi connectivity index (χ0n) is 17.9. The summed E-state index contributed by atoms with van der Waals surface area (Å²) in [5.74, 6) is 0.613. The number of carbonyl (C=O) groups is 2. The SMILES string of the molecule is CC1(C)C[C@@H]2C[C@](C)(CN2C(=O)COC(=O)c2cccc(Oc3ccccc3)c2)C1. The molecule has 1 saturated carbocycles. The Morgan fingerprint density at radius 3 is 2.50 bits per heavy atom. The number of fused-ring (bicyclic) bond motifs is 2. The van der Waals surface area contributed by atoms with E-state index in [2.05, 4.69) is 20.8 Å². The van der Waals surface area contributed by atoms with Crippen LogP contribution >= 0.6 is 0 Å². The van der Waals surface area contributed by atoms with Gasteiger partial charge in [0.05, 0.1) is 5.56 Å². The minimum absolute atomic E-state index is 0.105. The summed E-state index contributed by atoms with van der Waals surface area (Å²) in [4.78, 5) is 27.3. The Kier molecular flexibility index (Phi) is 5.31. The first kappa shape index (κ1) is 20.5. The molecule has 1 heterocycles. The highest BCUT2D eigenvalue weighted by atomic mass is 16.5. The Morgan fingerprint density at radius 1 is 1.00 bits per heavy atom. The van der Waals surface area contributed by atoms with Gasteiger partial charge in [-0.15, -0.1) is 0 Å². The molecule has 0 unspecified atom stereocenters. The maximum atomic E-state index is 12.8. The Labute approximate surface area is 178 Å². The first-order chi connectivity index (χ1) is 14.2. The van der Waals surface area contributed by atoms with E-state index in [0.29, 0.717) is 17.1 Å². The van der Waals surface area contributed by atoms with Crippen molar-refractivity contribution in [3.05, 3.63) is 60.2 Å². The molecule has 2 bridgehead atoms. The lowest BCUT2D eigenvalue weighted by molar-refractivity contribution is -0.135. The maximum Gasteiger partial charge on any atom is 0.338 e. The van der Waals surface area contributed by atoms with Crippen molar-refractivity contribution in [2.45, 2.75) is 46.1 Å². The molecule has 1 aliphatic carbocycles. The van der Waals surface area contributed by atoms with E-state index in [-0.39, 0.29) is 29.4 Å². The molecule has 1 amide bonds. The highest BCUT2D eigenvalue weighted by Crippen LogP contribution is 2.52. The average molecular weight is 408 g/mol. The van der Waals surface area contributed by atoms with Gasteiger partial charge in [-0.05, 0) is 60.4 Å². The minimum atomic E-state index is -0.518. The molecule has 2 aromatic rings. The second kappa shape index (κ2) is 7.78. The number of benzene rings is 2. The number of rotatable bonds is 5. The van der Waals surface area contributed by atoms with Crippen LogP contribution in [0.2, 0.25) is 0 Å². The predicted octanol–water partition coefficient (Wildman–Crippen LogP) is 5.06. The van der Waals surface area contributed by atoms with Crippen molar-refractivity contribution in [2.75, 3.05) is 13.2 Å². The standard InChI is InChI=1S/C25H29NO4/c1-24(2)13-19-14-25(3,16-24)17-26(19)22(27)15-29-23(28)18-8-7-11-21(12-18)30-20-9-5-4-6-10-20/h4-12,19H,13-17H2,1-3H3/t19-,25+/m1/s1. The topological polar surface area (TPSA) is 55.8 Å². The first-order valence-electron chi connectivity index (χ1n) is 10.5. The van der Waals surface area contributed by atoms with Crippen molar-refractivity contribution in [3.8, 4) is 11.5 Å². The number of hydrogen-bond donors (Lipinski definition) is 0. The minimum Gasteiger partial charge on any atom is -0.457 e. The van der Waals surface area contributed by atoms with Crippen LogP contribution in [0.5, 0.6) is 11.5 Å². The summed E-state index contributed by atoms with van der Waals surface area (Å²) >= 11 is 0. The van der Waals surface area contributed by atoms with E-state index in [9.17, 15) is 9.59 Å². The first-order valence-corrected chi connectivity index (χ1v) is 10.5. The zero-order valence-corrected chi connectivity index (χ0v) is 17.9. The van der Waals surface area contributed by atoms with Crippen LogP contribution in [0.15, 0.2) is 54.6 Å². The molecule has 0 spiro atoms. The number of ether oxygens (including phenoxy) is 2. The van der Waals surface area contributed by atoms with Gasteiger partial charge in [0, 0.05) is 12.6 Å². The molecule has 2 atom stereocenters. The van der Waals surface area contributed by atoms with Crippen LogP contribution in [-0.2, 0) is 9.53 Å². The number of carbonyl (C=O) groups excluding carboxylic acids is 2. The van der Waals surface area contributed by atoms with Crippen molar-refractivity contribution >= 4 is 11.9 Å². The van der Waals surface area contributed by atoms with Gasteiger partial charge in [-0.25, -0.2) is 4.79 Å². The quantitative estimate of drug-likeness (QED) is 0.650. The average Bonchev–Trinajstić information content (AvgIpc) is 2.95. The van der Waals surface area contributed by atoms with E-state index >= 15 is 0 Å². The van der Waals surface area contributed by atoms with Crippen LogP contribution in [0, 0.1) is 10.8 Å². The molecule has 0 aromatic heterocycles. The summed E-state index contributed by atoms with van der Waals surface area (Å²) in [6.07, 6.45) is 3.16. The molecule has 0 radical (unpaired) electrons. The molecule has 2 fully saturated rings. The van der Waals surface area contributed by atoms with E-state index in [1.165, 1.54) is 0 Å². The Bertz CT molecular complexity index is 939. The Morgan fingerprint density at radius 2 is 1.73 bits per heavy atom. The lowest BCUT2D eigenvalue weighted by Crippen LogP contribution is -2.39. The lowest BCUT2D eigenvalue weighted by atomic mass is 9.65. The summed E-state index contributed by atoms with van der Waals surface area (Å²) < 4.78 is 11.1. The number of nitrogens with zero attached hydrogens (tertiary/aromatic N) is 1. The third-order valence-corrected chi connectivity index (χ3v) is 6.11. The van der Waals surface area contributed by atoms with Gasteiger partial charge in [-0.2, -0.15) is 0 Å². The van der Waals surface area contributed by atoms with Crippen LogP contribution in [0.25, 0.3) is 0 Å². The van der Waals surface area contributed by atoms with Gasteiger partial charge in [0.15, 0.2) is 6.61 Å². The molecule has 2 aromatic carbocycles. The second-order valence-corrected chi connectivity index (χ2v) is 9.75. The van der Waals surface area contributed by atoms with Gasteiger partial charge in [0.25, 0.3) is 5.91 Å². The molecule has 5 heteroatoms. The van der Waals surface area contributed by atoms with Gasteiger partial charge in [0.2, 0.25) is 0 Å². The molecule has 158 valence electrons. The highest BCUT2D eigenvalue weighted by Gasteiger charge is 2.50. The molecule has 5 nitrogen and oxygen atoms in total. The second-order valence-electron chi connectivity index (χ2n) is 9.75. The molecule has 0 N–H and O–H groups in total. The Balaban J connectivity index is 1.36. The van der Waals surface area contributed by atoms with Crippen molar-refractivity contribution in [1.82, 2.24) is 4.90 Å². The number of amides is 1. The fraction of sp³-hybridized carbons (Fsp3) is 0.440. The summed E-state index contributed by atoms with van der Waals surface area (Å²) in [7, 11) is 0. The van der Waals surface area contributed by atoms with Crippen molar-refractivity contribution in [3.63, 3.8) is 0 Å². The number of likely N-dealkylation sites (tertiary alicyclic amines) is 1. The molecule has 4 rings (SSSR count). The van der Waals surface area contributed by atoms with E-state index in [1.54, 1.807) is 24.3 Å². The van der Waals surface area contributed by atoms with Crippen molar-refractivity contribution < 1.29 is 19.1 Å². The number of para-hydroxylation sites is 1. The monoisotopic (exact) mass is 407 g/mol. The Hall–Kier alpha value is -2.82. The summed E-state index contributed by atoms with van der Waals surface area (Å²) in [5.41, 5.74) is 0.766. The molecule has 2 aliphatic rings. The van der Waals surface area contributed by atoms with Gasteiger partial charge < -0.3 is 14.4 Å². The van der Waals surface area contributed by atoms with Gasteiger partial charge in [-0.3, -0.25) is 4.79 Å². The van der Waals surface area contributed by atoms with Gasteiger partial charge in [0.1, 0.15) is 11.5 Å². The summed E-state index contributed by atoms with van der Waals surface area (Å²) in [6, 6.07) is 16.4. The largest absolute Gasteiger partial charge is 0.457 e. The maximum absolute atomic E-state index is 12.8. The van der Waals surface area contributed by atoms with Gasteiger partial charge >= 0.3 is 5.97 Å².